The topological polar surface area (TPSA) is 54.9 Å². The van der Waals surface area contributed by atoms with E-state index in [0.717, 1.165) is 35.6 Å². The molecule has 0 aliphatic carbocycles. The number of likely N-dealkylation sites (N-methyl/N-ethyl adjacent to an activating group) is 1. The van der Waals surface area contributed by atoms with E-state index in [1.54, 1.807) is 4.90 Å². The van der Waals surface area contributed by atoms with Crippen LogP contribution in [0.25, 0.3) is 10.2 Å². The van der Waals surface area contributed by atoms with Gasteiger partial charge in [-0.2, -0.15) is 0 Å². The van der Waals surface area contributed by atoms with Crippen LogP contribution in [0.5, 0.6) is 17.2 Å². The maximum Gasteiger partial charge on any atom is 0.263 e. The van der Waals surface area contributed by atoms with Crippen LogP contribution in [0.2, 0.25) is 0 Å². The molecule has 3 aromatic carbocycles. The average molecular weight is 490 g/mol. The Morgan fingerprint density at radius 2 is 1.57 bits per heavy atom. The number of fused-ring (bicyclic) bond motifs is 1. The van der Waals surface area contributed by atoms with Crippen molar-refractivity contribution in [3.63, 3.8) is 0 Å². The van der Waals surface area contributed by atoms with Gasteiger partial charge in [0.25, 0.3) is 5.91 Å². The number of hydrogen-bond donors (Lipinski definition) is 0. The third-order valence-corrected chi connectivity index (χ3v) is 6.81. The summed E-state index contributed by atoms with van der Waals surface area (Å²) in [6.45, 7) is 9.87. The van der Waals surface area contributed by atoms with Gasteiger partial charge in [-0.05, 0) is 56.4 Å². The molecular formula is C28H31N3O3S. The first-order chi connectivity index (χ1) is 17.1. The Hall–Kier alpha value is -3.42. The number of nitrogens with zero attached hydrogens (tertiary/aromatic N) is 3. The molecule has 1 heterocycles. The highest BCUT2D eigenvalue weighted by Gasteiger charge is 2.25. The molecule has 35 heavy (non-hydrogen) atoms. The van der Waals surface area contributed by atoms with Crippen LogP contribution in [0.3, 0.4) is 0 Å². The number of anilines is 1. The molecule has 0 aliphatic rings. The minimum atomic E-state index is -0.138. The van der Waals surface area contributed by atoms with Crippen molar-refractivity contribution in [2.75, 3.05) is 37.7 Å². The number of amides is 1. The second-order valence-corrected chi connectivity index (χ2v) is 8.94. The Morgan fingerprint density at radius 1 is 0.857 bits per heavy atom. The Balaban J connectivity index is 1.72. The van der Waals surface area contributed by atoms with Gasteiger partial charge in [0.1, 0.15) is 22.8 Å². The molecule has 1 aromatic heterocycles. The highest BCUT2D eigenvalue weighted by molar-refractivity contribution is 7.22. The number of hydrogen-bond acceptors (Lipinski definition) is 6. The number of benzene rings is 3. The molecule has 0 aliphatic heterocycles. The molecule has 0 atom stereocenters. The van der Waals surface area contributed by atoms with Crippen molar-refractivity contribution in [2.24, 2.45) is 0 Å². The second kappa shape index (κ2) is 11.8. The zero-order valence-corrected chi connectivity index (χ0v) is 21.3. The summed E-state index contributed by atoms with van der Waals surface area (Å²) < 4.78 is 12.9. The van der Waals surface area contributed by atoms with Crippen LogP contribution in [-0.2, 0) is 0 Å². The molecule has 0 unspecified atom stereocenters. The molecule has 0 fully saturated rings. The molecule has 7 heteroatoms. The third-order valence-electron chi connectivity index (χ3n) is 5.77. The number of thiazole rings is 1. The van der Waals surface area contributed by atoms with Gasteiger partial charge >= 0.3 is 0 Å². The van der Waals surface area contributed by atoms with Gasteiger partial charge in [-0.25, -0.2) is 4.98 Å². The lowest BCUT2D eigenvalue weighted by atomic mass is 10.1. The van der Waals surface area contributed by atoms with Crippen molar-refractivity contribution >= 4 is 32.6 Å². The Kier molecular flexibility index (Phi) is 8.34. The van der Waals surface area contributed by atoms with Crippen LogP contribution in [0.15, 0.2) is 72.8 Å². The van der Waals surface area contributed by atoms with Crippen LogP contribution in [0.1, 0.15) is 31.1 Å². The largest absolute Gasteiger partial charge is 0.492 e. The van der Waals surface area contributed by atoms with E-state index in [1.807, 2.05) is 79.7 Å². The Morgan fingerprint density at radius 3 is 2.31 bits per heavy atom. The highest BCUT2D eigenvalue weighted by Crippen LogP contribution is 2.36. The molecule has 0 bridgehead atoms. The number of ether oxygens (including phenoxy) is 2. The van der Waals surface area contributed by atoms with Gasteiger partial charge in [-0.15, -0.1) is 0 Å². The van der Waals surface area contributed by atoms with Gasteiger partial charge in [-0.1, -0.05) is 61.6 Å². The molecule has 0 saturated carbocycles. The lowest BCUT2D eigenvalue weighted by Gasteiger charge is -2.25. The smallest absolute Gasteiger partial charge is 0.263 e. The van der Waals surface area contributed by atoms with Gasteiger partial charge < -0.3 is 14.4 Å². The molecule has 182 valence electrons. The first-order valence-electron chi connectivity index (χ1n) is 12.0. The summed E-state index contributed by atoms with van der Waals surface area (Å²) in [7, 11) is 0. The lowest BCUT2D eigenvalue weighted by molar-refractivity contribution is 0.0981. The van der Waals surface area contributed by atoms with Crippen LogP contribution in [-0.4, -0.2) is 48.6 Å². The normalized spacial score (nSPS) is 11.1. The highest BCUT2D eigenvalue weighted by atomic mass is 32.1. The van der Waals surface area contributed by atoms with Crippen molar-refractivity contribution in [1.29, 1.82) is 0 Å². The van der Waals surface area contributed by atoms with Crippen LogP contribution >= 0.6 is 11.3 Å². The molecule has 4 rings (SSSR count). The first-order valence-corrected chi connectivity index (χ1v) is 12.8. The summed E-state index contributed by atoms with van der Waals surface area (Å²) in [5.74, 6) is 1.80. The summed E-state index contributed by atoms with van der Waals surface area (Å²) in [5.41, 5.74) is 1.28. The van der Waals surface area contributed by atoms with E-state index in [2.05, 4.69) is 18.7 Å². The monoisotopic (exact) mass is 489 g/mol. The first kappa shape index (κ1) is 24.7. The van der Waals surface area contributed by atoms with Crippen LogP contribution in [0.4, 0.5) is 5.13 Å². The van der Waals surface area contributed by atoms with Crippen molar-refractivity contribution in [3.8, 4) is 17.2 Å². The number of rotatable bonds is 11. The van der Waals surface area contributed by atoms with Crippen molar-refractivity contribution in [2.45, 2.75) is 20.8 Å². The number of carbonyl (C=O) groups is 1. The standard InChI is InChI=1S/C28H31N3O3S/c1-4-30(5-2)19-20-31(28-29-26-24(33-6-3)17-12-18-25(26)35-28)27(32)22-15-10-11-16-23(22)34-21-13-8-7-9-14-21/h7-18H,4-6,19-20H2,1-3H3. The maximum atomic E-state index is 14.0. The molecule has 1 amide bonds. The van der Waals surface area contributed by atoms with Gasteiger partial charge in [-0.3, -0.25) is 9.69 Å². The van der Waals surface area contributed by atoms with Gasteiger partial charge in [0.2, 0.25) is 0 Å². The molecule has 0 saturated heterocycles. The SMILES string of the molecule is CCOc1cccc2sc(N(CCN(CC)CC)C(=O)c3ccccc3Oc3ccccc3)nc12. The summed E-state index contributed by atoms with van der Waals surface area (Å²) in [5, 5.41) is 0.652. The van der Waals surface area contributed by atoms with Crippen molar-refractivity contribution in [1.82, 2.24) is 9.88 Å². The summed E-state index contributed by atoms with van der Waals surface area (Å²) >= 11 is 1.50. The summed E-state index contributed by atoms with van der Waals surface area (Å²) in [6, 6.07) is 22.8. The Labute approximate surface area is 210 Å². The fourth-order valence-corrected chi connectivity index (χ4v) is 4.87. The second-order valence-electron chi connectivity index (χ2n) is 7.93. The molecule has 6 nitrogen and oxygen atoms in total. The predicted octanol–water partition coefficient (Wildman–Crippen LogP) is 6.48. The minimum absolute atomic E-state index is 0.138. The van der Waals surface area contributed by atoms with E-state index < -0.39 is 0 Å². The van der Waals surface area contributed by atoms with E-state index in [-0.39, 0.29) is 5.91 Å². The Bertz CT molecular complexity index is 1250. The molecule has 4 aromatic rings. The van der Waals surface area contributed by atoms with E-state index in [4.69, 9.17) is 14.5 Å². The average Bonchev–Trinajstić information content (AvgIpc) is 3.32. The molecular weight excluding hydrogens is 458 g/mol. The van der Waals surface area contributed by atoms with E-state index in [9.17, 15) is 4.79 Å². The van der Waals surface area contributed by atoms with E-state index in [1.165, 1.54) is 11.3 Å². The van der Waals surface area contributed by atoms with Crippen molar-refractivity contribution in [3.05, 3.63) is 78.4 Å². The summed E-state index contributed by atoms with van der Waals surface area (Å²) in [6.07, 6.45) is 0. The number of carbonyl (C=O) groups excluding carboxylic acids is 1. The van der Waals surface area contributed by atoms with Gasteiger partial charge in [0, 0.05) is 13.1 Å². The zero-order chi connectivity index (χ0) is 24.6. The fourth-order valence-electron chi connectivity index (χ4n) is 3.86. The van der Waals surface area contributed by atoms with E-state index in [0.29, 0.717) is 35.3 Å². The lowest BCUT2D eigenvalue weighted by Crippen LogP contribution is -2.39. The fraction of sp³-hybridized carbons (Fsp3) is 0.286. The third kappa shape index (κ3) is 5.81. The summed E-state index contributed by atoms with van der Waals surface area (Å²) in [4.78, 5) is 22.9. The number of para-hydroxylation sites is 3. The molecule has 0 N–H and O–H groups in total. The zero-order valence-electron chi connectivity index (χ0n) is 20.4. The van der Waals surface area contributed by atoms with E-state index >= 15 is 0 Å². The van der Waals surface area contributed by atoms with Gasteiger partial charge in [0.05, 0.1) is 16.9 Å². The molecule has 0 radical (unpaired) electrons. The van der Waals surface area contributed by atoms with Crippen LogP contribution in [0, 0.1) is 0 Å². The quantitative estimate of drug-likeness (QED) is 0.241. The van der Waals surface area contributed by atoms with Crippen molar-refractivity contribution < 1.29 is 14.3 Å². The number of aromatic nitrogens is 1. The van der Waals surface area contributed by atoms with Crippen LogP contribution < -0.4 is 14.4 Å². The minimum Gasteiger partial charge on any atom is -0.492 e. The molecule has 0 spiro atoms. The van der Waals surface area contributed by atoms with Gasteiger partial charge in [0.15, 0.2) is 5.13 Å². The maximum absolute atomic E-state index is 14.0. The predicted molar refractivity (Wildman–Crippen MR) is 143 cm³/mol.